The van der Waals surface area contributed by atoms with Gasteiger partial charge in [-0.2, -0.15) is 5.10 Å². The van der Waals surface area contributed by atoms with Crippen LogP contribution >= 0.6 is 0 Å². The summed E-state index contributed by atoms with van der Waals surface area (Å²) < 4.78 is 0. The van der Waals surface area contributed by atoms with Gasteiger partial charge in [-0.1, -0.05) is 36.4 Å². The zero-order valence-corrected chi connectivity index (χ0v) is 14.8. The van der Waals surface area contributed by atoms with Crippen molar-refractivity contribution in [2.24, 2.45) is 0 Å². The maximum Gasteiger partial charge on any atom is 0.152 e. The Morgan fingerprint density at radius 1 is 0.815 bits per heavy atom. The van der Waals surface area contributed by atoms with Crippen LogP contribution in [0.5, 0.6) is 0 Å². The topological polar surface area (TPSA) is 57.7 Å². The Kier molecular flexibility index (Phi) is 3.57. The minimum absolute atomic E-state index is 0.814. The number of fused-ring (bicyclic) bond motifs is 2. The third kappa shape index (κ3) is 2.79. The molecule has 0 fully saturated rings. The first-order chi connectivity index (χ1) is 13.3. The number of anilines is 2. The molecule has 0 aliphatic heterocycles. The van der Waals surface area contributed by atoms with Crippen LogP contribution in [-0.2, 0) is 0 Å². The first kappa shape index (κ1) is 15.5. The lowest BCUT2D eigenvalue weighted by Crippen LogP contribution is -2.11. The van der Waals surface area contributed by atoms with Crippen LogP contribution in [0.3, 0.4) is 0 Å². The standard InChI is InChI=1S/C22H17N5/c1-27(19-8-6-15-4-2-3-5-16(15)10-19)22-14-23-21-11-17(7-9-20(21)26-22)18-12-24-25-13-18/h2-14H,1H3,(H,24,25). The van der Waals surface area contributed by atoms with E-state index in [1.807, 2.05) is 37.6 Å². The molecule has 0 bridgehead atoms. The number of aromatic amines is 1. The Hall–Kier alpha value is -3.73. The summed E-state index contributed by atoms with van der Waals surface area (Å²) in [6.07, 6.45) is 5.49. The van der Waals surface area contributed by atoms with Crippen LogP contribution in [0.1, 0.15) is 0 Å². The van der Waals surface area contributed by atoms with E-state index < -0.39 is 0 Å². The predicted molar refractivity (Wildman–Crippen MR) is 109 cm³/mol. The fourth-order valence-electron chi connectivity index (χ4n) is 3.27. The summed E-state index contributed by atoms with van der Waals surface area (Å²) in [5.41, 5.74) is 4.92. The van der Waals surface area contributed by atoms with Crippen molar-refractivity contribution in [3.63, 3.8) is 0 Å². The third-order valence-electron chi connectivity index (χ3n) is 4.83. The van der Waals surface area contributed by atoms with Gasteiger partial charge < -0.3 is 4.90 Å². The molecular weight excluding hydrogens is 334 g/mol. The highest BCUT2D eigenvalue weighted by molar-refractivity contribution is 5.87. The first-order valence-corrected chi connectivity index (χ1v) is 8.76. The van der Waals surface area contributed by atoms with E-state index in [0.717, 1.165) is 33.7 Å². The molecule has 2 aromatic heterocycles. The molecule has 1 N–H and O–H groups in total. The zero-order valence-electron chi connectivity index (χ0n) is 14.8. The second-order valence-electron chi connectivity index (χ2n) is 6.51. The van der Waals surface area contributed by atoms with Crippen LogP contribution in [0.25, 0.3) is 32.9 Å². The molecule has 0 spiro atoms. The summed E-state index contributed by atoms with van der Waals surface area (Å²) in [6, 6.07) is 20.8. The molecule has 5 aromatic rings. The molecule has 27 heavy (non-hydrogen) atoms. The molecule has 0 saturated carbocycles. The van der Waals surface area contributed by atoms with Crippen molar-refractivity contribution in [2.75, 3.05) is 11.9 Å². The number of nitrogens with one attached hydrogen (secondary N) is 1. The van der Waals surface area contributed by atoms with Crippen molar-refractivity contribution in [3.8, 4) is 11.1 Å². The summed E-state index contributed by atoms with van der Waals surface area (Å²) in [7, 11) is 2.01. The molecular formula is C22H17N5. The Bertz CT molecular complexity index is 1240. The van der Waals surface area contributed by atoms with Crippen LogP contribution in [0, 0.1) is 0 Å². The molecule has 0 aliphatic rings. The van der Waals surface area contributed by atoms with Crippen LogP contribution < -0.4 is 4.90 Å². The van der Waals surface area contributed by atoms with Gasteiger partial charge in [0.2, 0.25) is 0 Å². The van der Waals surface area contributed by atoms with Gasteiger partial charge in [0.25, 0.3) is 0 Å². The highest BCUT2D eigenvalue weighted by Crippen LogP contribution is 2.28. The molecule has 5 heteroatoms. The van der Waals surface area contributed by atoms with Gasteiger partial charge in [0.15, 0.2) is 5.82 Å². The van der Waals surface area contributed by atoms with E-state index in [9.17, 15) is 0 Å². The number of hydrogen-bond donors (Lipinski definition) is 1. The number of benzene rings is 3. The second-order valence-corrected chi connectivity index (χ2v) is 6.51. The fraction of sp³-hybridized carbons (Fsp3) is 0.0455. The number of rotatable bonds is 3. The van der Waals surface area contributed by atoms with Gasteiger partial charge in [-0.05, 0) is 40.6 Å². The summed E-state index contributed by atoms with van der Waals surface area (Å²) in [6.45, 7) is 0. The van der Waals surface area contributed by atoms with Gasteiger partial charge in [0, 0.05) is 24.5 Å². The molecule has 0 radical (unpaired) electrons. The van der Waals surface area contributed by atoms with Crippen molar-refractivity contribution in [2.45, 2.75) is 0 Å². The molecule has 130 valence electrons. The number of nitrogens with zero attached hydrogens (tertiary/aromatic N) is 4. The summed E-state index contributed by atoms with van der Waals surface area (Å²) in [5, 5.41) is 9.28. The van der Waals surface area contributed by atoms with Crippen molar-refractivity contribution in [1.82, 2.24) is 20.2 Å². The van der Waals surface area contributed by atoms with Gasteiger partial charge in [-0.3, -0.25) is 10.1 Å². The maximum absolute atomic E-state index is 4.79. The van der Waals surface area contributed by atoms with Crippen molar-refractivity contribution in [1.29, 1.82) is 0 Å². The molecule has 2 heterocycles. The van der Waals surface area contributed by atoms with Gasteiger partial charge in [-0.15, -0.1) is 0 Å². The lowest BCUT2D eigenvalue weighted by molar-refractivity contribution is 1.09. The average molecular weight is 351 g/mol. The lowest BCUT2D eigenvalue weighted by atomic mass is 10.1. The average Bonchev–Trinajstić information content (AvgIpc) is 3.27. The van der Waals surface area contributed by atoms with E-state index in [4.69, 9.17) is 4.98 Å². The van der Waals surface area contributed by atoms with Crippen LogP contribution in [-0.4, -0.2) is 27.2 Å². The van der Waals surface area contributed by atoms with Crippen LogP contribution in [0.2, 0.25) is 0 Å². The summed E-state index contributed by atoms with van der Waals surface area (Å²) >= 11 is 0. The molecule has 0 saturated heterocycles. The minimum atomic E-state index is 0.814. The number of H-pyrrole nitrogens is 1. The monoisotopic (exact) mass is 351 g/mol. The van der Waals surface area contributed by atoms with Gasteiger partial charge in [0.05, 0.1) is 23.4 Å². The zero-order chi connectivity index (χ0) is 18.2. The highest BCUT2D eigenvalue weighted by atomic mass is 15.2. The predicted octanol–water partition coefficient (Wildman–Crippen LogP) is 4.94. The molecule has 0 aliphatic carbocycles. The van der Waals surface area contributed by atoms with E-state index in [1.54, 1.807) is 6.20 Å². The molecule has 3 aromatic carbocycles. The fourth-order valence-corrected chi connectivity index (χ4v) is 3.27. The highest BCUT2D eigenvalue weighted by Gasteiger charge is 2.09. The quantitative estimate of drug-likeness (QED) is 0.500. The third-order valence-corrected chi connectivity index (χ3v) is 4.83. The Balaban J connectivity index is 1.52. The molecule has 0 atom stereocenters. The van der Waals surface area contributed by atoms with E-state index in [0.29, 0.717) is 0 Å². The largest absolute Gasteiger partial charge is 0.328 e. The maximum atomic E-state index is 4.79. The molecule has 0 amide bonds. The first-order valence-electron chi connectivity index (χ1n) is 8.76. The van der Waals surface area contributed by atoms with E-state index in [1.165, 1.54) is 10.8 Å². The summed E-state index contributed by atoms with van der Waals surface area (Å²) in [4.78, 5) is 11.5. The number of aromatic nitrogens is 4. The lowest BCUT2D eigenvalue weighted by Gasteiger charge is -2.19. The Morgan fingerprint density at radius 2 is 1.70 bits per heavy atom. The normalized spacial score (nSPS) is 11.1. The number of hydrogen-bond acceptors (Lipinski definition) is 4. The molecule has 5 rings (SSSR count). The van der Waals surface area contributed by atoms with Crippen molar-refractivity contribution in [3.05, 3.63) is 79.3 Å². The summed E-state index contributed by atoms with van der Waals surface area (Å²) in [5.74, 6) is 0.814. The van der Waals surface area contributed by atoms with E-state index in [-0.39, 0.29) is 0 Å². The van der Waals surface area contributed by atoms with Crippen molar-refractivity contribution < 1.29 is 0 Å². The van der Waals surface area contributed by atoms with Crippen molar-refractivity contribution >= 4 is 33.3 Å². The molecule has 0 unspecified atom stereocenters. The van der Waals surface area contributed by atoms with E-state index >= 15 is 0 Å². The smallest absolute Gasteiger partial charge is 0.152 e. The second kappa shape index (κ2) is 6.21. The van der Waals surface area contributed by atoms with Gasteiger partial charge in [-0.25, -0.2) is 4.98 Å². The van der Waals surface area contributed by atoms with Crippen LogP contribution in [0.4, 0.5) is 11.5 Å². The minimum Gasteiger partial charge on any atom is -0.328 e. The van der Waals surface area contributed by atoms with E-state index in [2.05, 4.69) is 62.5 Å². The molecule has 5 nitrogen and oxygen atoms in total. The van der Waals surface area contributed by atoms with Crippen LogP contribution in [0.15, 0.2) is 79.3 Å². The SMILES string of the molecule is CN(c1ccc2ccccc2c1)c1cnc2cc(-c3cn[nH]c3)ccc2n1. The van der Waals surface area contributed by atoms with Gasteiger partial charge in [0.1, 0.15) is 0 Å². The Labute approximate surface area is 156 Å². The van der Waals surface area contributed by atoms with Gasteiger partial charge >= 0.3 is 0 Å². The Morgan fingerprint density at radius 3 is 2.56 bits per heavy atom.